The van der Waals surface area contributed by atoms with Gasteiger partial charge in [0.05, 0.1) is 6.04 Å². The van der Waals surface area contributed by atoms with Crippen LogP contribution in [0.1, 0.15) is 29.0 Å². The Morgan fingerprint density at radius 1 is 1.29 bits per heavy atom. The van der Waals surface area contributed by atoms with Crippen molar-refractivity contribution in [2.45, 2.75) is 18.7 Å². The molecule has 0 saturated carbocycles. The smallest absolute Gasteiger partial charge is 0.169 e. The molecule has 1 aromatic heterocycles. The largest absolute Gasteiger partial charge is 0.452 e. The van der Waals surface area contributed by atoms with E-state index in [1.54, 1.807) is 12.1 Å². The number of hydrogen-bond donors (Lipinski definition) is 2. The van der Waals surface area contributed by atoms with Crippen LogP contribution in [-0.2, 0) is 6.54 Å². The van der Waals surface area contributed by atoms with Gasteiger partial charge in [-0.1, -0.05) is 24.3 Å². The van der Waals surface area contributed by atoms with Crippen molar-refractivity contribution in [2.24, 2.45) is 0 Å². The summed E-state index contributed by atoms with van der Waals surface area (Å²) in [6.45, 7) is 0.791. The Kier molecular flexibility index (Phi) is 2.78. The Balaban J connectivity index is 1.92. The summed E-state index contributed by atoms with van der Waals surface area (Å²) in [6, 6.07) is 11.6. The first-order chi connectivity index (χ1) is 8.25. The zero-order valence-corrected chi connectivity index (χ0v) is 10.6. The number of hydrogen-bond acceptors (Lipinski definition) is 3. The molecule has 3 rings (SSSR count). The maximum absolute atomic E-state index is 10.3. The Morgan fingerprint density at radius 2 is 2.12 bits per heavy atom. The molecule has 2 heterocycles. The number of nitrogens with one attached hydrogen (secondary N) is 1. The SMILES string of the molecule is OC(c1ccc(Br)o1)C1NCc2ccccc21. The number of aliphatic hydroxyl groups is 1. The van der Waals surface area contributed by atoms with Crippen LogP contribution in [0.25, 0.3) is 0 Å². The molecular weight excluding hydrogens is 282 g/mol. The van der Waals surface area contributed by atoms with Gasteiger partial charge in [-0.3, -0.25) is 0 Å². The minimum Gasteiger partial charge on any atom is -0.452 e. The van der Waals surface area contributed by atoms with Gasteiger partial charge in [-0.25, -0.2) is 0 Å². The summed E-state index contributed by atoms with van der Waals surface area (Å²) in [5.74, 6) is 0.575. The van der Waals surface area contributed by atoms with Crippen molar-refractivity contribution in [3.8, 4) is 0 Å². The molecule has 1 aliphatic rings. The molecule has 88 valence electrons. The molecule has 2 atom stereocenters. The molecule has 2 aromatic rings. The Morgan fingerprint density at radius 3 is 2.88 bits per heavy atom. The van der Waals surface area contributed by atoms with Crippen molar-refractivity contribution in [3.63, 3.8) is 0 Å². The fraction of sp³-hybridized carbons (Fsp3) is 0.231. The van der Waals surface area contributed by atoms with Gasteiger partial charge in [0.1, 0.15) is 11.9 Å². The highest BCUT2D eigenvalue weighted by molar-refractivity contribution is 9.10. The summed E-state index contributed by atoms with van der Waals surface area (Å²) in [5.41, 5.74) is 2.38. The van der Waals surface area contributed by atoms with E-state index >= 15 is 0 Å². The first-order valence-electron chi connectivity index (χ1n) is 5.50. The molecule has 3 nitrogen and oxygen atoms in total. The first-order valence-corrected chi connectivity index (χ1v) is 6.29. The van der Waals surface area contributed by atoms with Crippen LogP contribution >= 0.6 is 15.9 Å². The van der Waals surface area contributed by atoms with Crippen LogP contribution in [0.2, 0.25) is 0 Å². The third kappa shape index (κ3) is 1.92. The van der Waals surface area contributed by atoms with E-state index in [9.17, 15) is 5.11 Å². The average Bonchev–Trinajstić information content (AvgIpc) is 2.94. The van der Waals surface area contributed by atoms with E-state index in [2.05, 4.69) is 27.3 Å². The van der Waals surface area contributed by atoms with Crippen molar-refractivity contribution in [1.29, 1.82) is 0 Å². The van der Waals surface area contributed by atoms with Gasteiger partial charge in [0.2, 0.25) is 0 Å². The molecule has 2 N–H and O–H groups in total. The van der Waals surface area contributed by atoms with Gasteiger partial charge >= 0.3 is 0 Å². The second-order valence-electron chi connectivity index (χ2n) is 4.14. The fourth-order valence-corrected chi connectivity index (χ4v) is 2.58. The van der Waals surface area contributed by atoms with Crippen LogP contribution < -0.4 is 5.32 Å². The molecule has 0 saturated heterocycles. The van der Waals surface area contributed by atoms with Crippen molar-refractivity contribution in [3.05, 3.63) is 58.0 Å². The maximum Gasteiger partial charge on any atom is 0.169 e. The van der Waals surface area contributed by atoms with Crippen LogP contribution in [0.15, 0.2) is 45.5 Å². The van der Waals surface area contributed by atoms with E-state index < -0.39 is 6.10 Å². The Labute approximate surface area is 108 Å². The van der Waals surface area contributed by atoms with Gasteiger partial charge in [0.15, 0.2) is 4.67 Å². The molecule has 1 aromatic carbocycles. The zero-order valence-electron chi connectivity index (χ0n) is 9.06. The molecule has 1 aliphatic heterocycles. The summed E-state index contributed by atoms with van der Waals surface area (Å²) >= 11 is 3.24. The van der Waals surface area contributed by atoms with Gasteiger partial charge < -0.3 is 14.8 Å². The monoisotopic (exact) mass is 293 g/mol. The van der Waals surface area contributed by atoms with E-state index in [0.717, 1.165) is 12.1 Å². The van der Waals surface area contributed by atoms with E-state index in [-0.39, 0.29) is 6.04 Å². The van der Waals surface area contributed by atoms with Crippen LogP contribution in [0, 0.1) is 0 Å². The Bertz CT molecular complexity index is 538. The zero-order chi connectivity index (χ0) is 11.8. The number of rotatable bonds is 2. The van der Waals surface area contributed by atoms with Crippen molar-refractivity contribution < 1.29 is 9.52 Å². The lowest BCUT2D eigenvalue weighted by atomic mass is 9.99. The fourth-order valence-electron chi connectivity index (χ4n) is 2.26. The van der Waals surface area contributed by atoms with Crippen LogP contribution in [0.4, 0.5) is 0 Å². The normalized spacial score (nSPS) is 20.2. The predicted molar refractivity (Wildman–Crippen MR) is 67.4 cm³/mol. The highest BCUT2D eigenvalue weighted by Crippen LogP contribution is 2.36. The lowest BCUT2D eigenvalue weighted by molar-refractivity contribution is 0.108. The summed E-state index contributed by atoms with van der Waals surface area (Å²) < 4.78 is 6.04. The van der Waals surface area contributed by atoms with E-state index in [0.29, 0.717) is 10.4 Å². The van der Waals surface area contributed by atoms with Crippen LogP contribution in [-0.4, -0.2) is 5.11 Å². The number of fused-ring (bicyclic) bond motifs is 1. The molecule has 0 bridgehead atoms. The molecular formula is C13H12BrNO2. The van der Waals surface area contributed by atoms with Gasteiger partial charge in [0, 0.05) is 6.54 Å². The molecule has 4 heteroatoms. The lowest BCUT2D eigenvalue weighted by Crippen LogP contribution is -2.19. The van der Waals surface area contributed by atoms with Gasteiger partial charge in [-0.05, 0) is 39.2 Å². The van der Waals surface area contributed by atoms with Gasteiger partial charge in [-0.2, -0.15) is 0 Å². The first kappa shape index (κ1) is 11.0. The average molecular weight is 294 g/mol. The van der Waals surface area contributed by atoms with Crippen molar-refractivity contribution in [1.82, 2.24) is 5.32 Å². The summed E-state index contributed by atoms with van der Waals surface area (Å²) in [4.78, 5) is 0. The van der Waals surface area contributed by atoms with Crippen molar-refractivity contribution in [2.75, 3.05) is 0 Å². The summed E-state index contributed by atoms with van der Waals surface area (Å²) in [6.07, 6.45) is -0.662. The predicted octanol–water partition coefficient (Wildman–Crippen LogP) is 2.92. The number of benzene rings is 1. The summed E-state index contributed by atoms with van der Waals surface area (Å²) in [7, 11) is 0. The van der Waals surface area contributed by atoms with Gasteiger partial charge in [-0.15, -0.1) is 0 Å². The second-order valence-corrected chi connectivity index (χ2v) is 4.93. The molecule has 0 fully saturated rings. The van der Waals surface area contributed by atoms with Crippen LogP contribution in [0.3, 0.4) is 0 Å². The molecule has 17 heavy (non-hydrogen) atoms. The highest BCUT2D eigenvalue weighted by atomic mass is 79.9. The number of aliphatic hydroxyl groups excluding tert-OH is 1. The third-order valence-corrected chi connectivity index (χ3v) is 3.53. The molecule has 0 amide bonds. The second kappa shape index (κ2) is 4.29. The summed E-state index contributed by atoms with van der Waals surface area (Å²) in [5, 5.41) is 13.6. The third-order valence-electron chi connectivity index (χ3n) is 3.10. The minimum atomic E-state index is -0.662. The Hall–Kier alpha value is -1.10. The van der Waals surface area contributed by atoms with Crippen molar-refractivity contribution >= 4 is 15.9 Å². The highest BCUT2D eigenvalue weighted by Gasteiger charge is 2.30. The van der Waals surface area contributed by atoms with E-state index in [1.165, 1.54) is 5.56 Å². The molecule has 2 unspecified atom stereocenters. The lowest BCUT2D eigenvalue weighted by Gasteiger charge is -2.17. The van der Waals surface area contributed by atoms with E-state index in [1.807, 2.05) is 18.2 Å². The number of halogens is 1. The number of furan rings is 1. The maximum atomic E-state index is 10.3. The van der Waals surface area contributed by atoms with Crippen LogP contribution in [0.5, 0.6) is 0 Å². The molecule has 0 spiro atoms. The standard InChI is InChI=1S/C13H12BrNO2/c14-11-6-5-10(17-11)13(16)12-9-4-2-1-3-8(9)7-15-12/h1-6,12-13,15-16H,7H2. The molecule has 0 aliphatic carbocycles. The van der Waals surface area contributed by atoms with E-state index in [4.69, 9.17) is 4.42 Å². The quantitative estimate of drug-likeness (QED) is 0.895. The molecule has 0 radical (unpaired) electrons. The topological polar surface area (TPSA) is 45.4 Å². The minimum absolute atomic E-state index is 0.0933. The van der Waals surface area contributed by atoms with Gasteiger partial charge in [0.25, 0.3) is 0 Å².